The zero-order chi connectivity index (χ0) is 4.28. The smallest absolute Gasteiger partial charge is 0.223 e. The summed E-state index contributed by atoms with van der Waals surface area (Å²) >= 11 is 2.48. The molecule has 0 unspecified atom stereocenters. The predicted octanol–water partition coefficient (Wildman–Crippen LogP) is -0.0998. The average Bonchev–Trinajstić information content (AvgIpc) is 1.38. The molecule has 0 fully saturated rings. The van der Waals surface area contributed by atoms with Crippen LogP contribution < -0.4 is 0 Å². The summed E-state index contributed by atoms with van der Waals surface area (Å²) in [5, 5.41) is 7.75. The molecule has 0 radical (unpaired) electrons. The molecule has 2 nitrogen and oxygen atoms in total. The zero-order valence-electron chi connectivity index (χ0n) is 2.44. The first kappa shape index (κ1) is 5.11. The second-order valence-corrected chi connectivity index (χ2v) is 1.40. The average molecular weight is 139 g/mol. The third-order valence-electron chi connectivity index (χ3n) is 0.124. The van der Waals surface area contributed by atoms with Crippen molar-refractivity contribution >= 4 is 20.6 Å². The number of carbonyl (C=O) groups excluding carboxylic acids is 1. The van der Waals surface area contributed by atoms with Crippen LogP contribution in [0.5, 0.6) is 0 Å². The summed E-state index contributed by atoms with van der Waals surface area (Å²) in [5.74, 6) is 0. The van der Waals surface area contributed by atoms with Gasteiger partial charge in [0.05, 0.1) is 0 Å². The fraction of sp³-hybridized carbons (Fsp3) is 0.500. The van der Waals surface area contributed by atoms with E-state index in [1.165, 1.54) is 0 Å². The topological polar surface area (TPSA) is 37.3 Å². The van der Waals surface area contributed by atoms with Gasteiger partial charge in [-0.3, -0.25) is 4.79 Å². The molecule has 0 heterocycles. The number of aliphatic hydroxyl groups is 1. The maximum absolute atomic E-state index is 9.48. The van der Waals surface area contributed by atoms with Gasteiger partial charge >= 0.3 is 0 Å². The lowest BCUT2D eigenvalue weighted by molar-refractivity contribution is -0.112. The molecule has 0 aromatic carbocycles. The Balaban J connectivity index is 2.85. The van der Waals surface area contributed by atoms with Crippen LogP contribution in [0.4, 0.5) is 0 Å². The number of carbonyl (C=O) groups is 1. The molecule has 0 saturated carbocycles. The highest BCUT2D eigenvalue weighted by molar-refractivity contribution is 9.18. The summed E-state index contributed by atoms with van der Waals surface area (Å²) in [6.45, 7) is -0.417. The fourth-order valence-corrected chi connectivity index (χ4v) is 0. The second kappa shape index (κ2) is 2.35. The van der Waals surface area contributed by atoms with Crippen LogP contribution in [-0.2, 0) is 4.79 Å². The van der Waals surface area contributed by atoms with E-state index in [-0.39, 0.29) is 4.69 Å². The van der Waals surface area contributed by atoms with Gasteiger partial charge in [-0.05, 0) is 15.9 Å². The first-order valence-electron chi connectivity index (χ1n) is 1.06. The Labute approximate surface area is 37.9 Å². The maximum atomic E-state index is 9.48. The lowest BCUT2D eigenvalue weighted by atomic mass is 10.9. The Hall–Kier alpha value is 0.110. The number of halogens is 1. The van der Waals surface area contributed by atoms with Crippen LogP contribution in [0.15, 0.2) is 0 Å². The van der Waals surface area contributed by atoms with Crippen LogP contribution in [0.3, 0.4) is 0 Å². The Bertz CT molecular complexity index is 42.9. The first-order valence-corrected chi connectivity index (χ1v) is 1.86. The standard InChI is InChI=1S/C2H3BrO2/c3-2(5)1-4/h4H,1H2. The predicted molar refractivity (Wildman–Crippen MR) is 21.0 cm³/mol. The number of aliphatic hydroxyl groups excluding tert-OH is 1. The molecule has 30 valence electrons. The molecule has 5 heavy (non-hydrogen) atoms. The number of rotatable bonds is 1. The summed E-state index contributed by atoms with van der Waals surface area (Å²) in [7, 11) is 0. The molecular formula is C2H3BrO2. The number of hydrogen-bond donors (Lipinski definition) is 1. The van der Waals surface area contributed by atoms with Crippen molar-refractivity contribution in [3.05, 3.63) is 0 Å². The Morgan fingerprint density at radius 1 is 2.00 bits per heavy atom. The van der Waals surface area contributed by atoms with Gasteiger partial charge in [0.15, 0.2) is 0 Å². The highest BCUT2D eigenvalue weighted by Gasteiger charge is 1.81. The van der Waals surface area contributed by atoms with Crippen molar-refractivity contribution in [2.45, 2.75) is 0 Å². The van der Waals surface area contributed by atoms with E-state index in [0.717, 1.165) is 0 Å². The molecule has 0 aromatic heterocycles. The maximum Gasteiger partial charge on any atom is 0.223 e. The largest absolute Gasteiger partial charge is 0.388 e. The Morgan fingerprint density at radius 3 is 2.20 bits per heavy atom. The summed E-state index contributed by atoms with van der Waals surface area (Å²) in [6.07, 6.45) is 0. The van der Waals surface area contributed by atoms with Crippen molar-refractivity contribution in [3.8, 4) is 0 Å². The lowest BCUT2D eigenvalue weighted by Gasteiger charge is -1.69. The lowest BCUT2D eigenvalue weighted by Crippen LogP contribution is -1.88. The molecule has 3 heteroatoms. The van der Waals surface area contributed by atoms with Gasteiger partial charge in [0.2, 0.25) is 4.69 Å². The van der Waals surface area contributed by atoms with Gasteiger partial charge in [0, 0.05) is 0 Å². The van der Waals surface area contributed by atoms with Crippen molar-refractivity contribution in [2.24, 2.45) is 0 Å². The minimum absolute atomic E-state index is 0.377. The summed E-state index contributed by atoms with van der Waals surface area (Å²) < 4.78 is -0.377. The molecule has 0 bridgehead atoms. The molecule has 0 amide bonds. The fourth-order valence-electron chi connectivity index (χ4n) is 0. The van der Waals surface area contributed by atoms with E-state index in [1.807, 2.05) is 0 Å². The molecule has 0 aliphatic carbocycles. The van der Waals surface area contributed by atoms with E-state index < -0.39 is 6.61 Å². The van der Waals surface area contributed by atoms with Gasteiger partial charge in [0.25, 0.3) is 0 Å². The highest BCUT2D eigenvalue weighted by Crippen LogP contribution is 1.76. The Kier molecular flexibility index (Phi) is 2.41. The molecule has 0 rings (SSSR count). The third-order valence-corrected chi connectivity index (χ3v) is 0.375. The minimum atomic E-state index is -0.417. The third kappa shape index (κ3) is 4.11. The van der Waals surface area contributed by atoms with Crippen LogP contribution in [0, 0.1) is 0 Å². The van der Waals surface area contributed by atoms with E-state index in [0.29, 0.717) is 0 Å². The van der Waals surface area contributed by atoms with Gasteiger partial charge in [-0.2, -0.15) is 0 Å². The van der Waals surface area contributed by atoms with Crippen LogP contribution in [0.25, 0.3) is 0 Å². The van der Waals surface area contributed by atoms with E-state index in [4.69, 9.17) is 5.11 Å². The Morgan fingerprint density at radius 2 is 2.20 bits per heavy atom. The van der Waals surface area contributed by atoms with E-state index in [2.05, 4.69) is 15.9 Å². The molecule has 0 spiro atoms. The zero-order valence-corrected chi connectivity index (χ0v) is 4.03. The van der Waals surface area contributed by atoms with Crippen LogP contribution in [0.2, 0.25) is 0 Å². The van der Waals surface area contributed by atoms with E-state index in [9.17, 15) is 4.79 Å². The minimum Gasteiger partial charge on any atom is -0.388 e. The van der Waals surface area contributed by atoms with Crippen molar-refractivity contribution in [3.63, 3.8) is 0 Å². The normalized spacial score (nSPS) is 7.60. The van der Waals surface area contributed by atoms with Gasteiger partial charge in [-0.1, -0.05) is 0 Å². The van der Waals surface area contributed by atoms with Crippen molar-refractivity contribution in [1.29, 1.82) is 0 Å². The quantitative estimate of drug-likeness (QED) is 0.515. The summed E-state index contributed by atoms with van der Waals surface area (Å²) in [4.78, 5) is 9.48. The monoisotopic (exact) mass is 138 g/mol. The molecule has 0 aliphatic rings. The van der Waals surface area contributed by atoms with Gasteiger partial charge in [-0.25, -0.2) is 0 Å². The highest BCUT2D eigenvalue weighted by atomic mass is 79.9. The first-order chi connectivity index (χ1) is 2.27. The van der Waals surface area contributed by atoms with Crippen LogP contribution in [-0.4, -0.2) is 16.4 Å². The second-order valence-electron chi connectivity index (χ2n) is 0.513. The van der Waals surface area contributed by atoms with Gasteiger partial charge < -0.3 is 5.11 Å². The van der Waals surface area contributed by atoms with Gasteiger partial charge in [0.1, 0.15) is 6.61 Å². The molecular weight excluding hydrogens is 136 g/mol. The summed E-state index contributed by atoms with van der Waals surface area (Å²) in [5.41, 5.74) is 0. The van der Waals surface area contributed by atoms with Gasteiger partial charge in [-0.15, -0.1) is 0 Å². The molecule has 0 atom stereocenters. The molecule has 1 N–H and O–H groups in total. The van der Waals surface area contributed by atoms with Crippen molar-refractivity contribution in [2.75, 3.05) is 6.61 Å². The molecule has 0 saturated heterocycles. The SMILES string of the molecule is O=C(Br)CO. The molecule has 0 aromatic rings. The number of hydrogen-bond acceptors (Lipinski definition) is 2. The van der Waals surface area contributed by atoms with Crippen LogP contribution >= 0.6 is 15.9 Å². The van der Waals surface area contributed by atoms with Crippen molar-refractivity contribution < 1.29 is 9.90 Å². The van der Waals surface area contributed by atoms with Crippen molar-refractivity contribution in [1.82, 2.24) is 0 Å². The van der Waals surface area contributed by atoms with E-state index in [1.54, 1.807) is 0 Å². The van der Waals surface area contributed by atoms with E-state index >= 15 is 0 Å². The summed E-state index contributed by atoms with van der Waals surface area (Å²) in [6, 6.07) is 0. The van der Waals surface area contributed by atoms with Crippen LogP contribution in [0.1, 0.15) is 0 Å². The molecule has 0 aliphatic heterocycles.